The Balaban J connectivity index is 1.89. The Morgan fingerprint density at radius 2 is 2.17 bits per heavy atom. The molecule has 1 aliphatic heterocycles. The molecule has 24 heavy (non-hydrogen) atoms. The average Bonchev–Trinajstić information content (AvgIpc) is 2.92. The quantitative estimate of drug-likeness (QED) is 0.721. The zero-order chi connectivity index (χ0) is 17.5. The Bertz CT molecular complexity index is 590. The van der Waals surface area contributed by atoms with Gasteiger partial charge in [-0.05, 0) is 37.0 Å². The molecule has 1 heterocycles. The molecule has 0 aliphatic carbocycles. The summed E-state index contributed by atoms with van der Waals surface area (Å²) in [5, 5.41) is 0.113. The number of rotatable bonds is 8. The number of hydrogen-bond donors (Lipinski definition) is 0. The van der Waals surface area contributed by atoms with E-state index in [2.05, 4.69) is 0 Å². The van der Waals surface area contributed by atoms with Crippen molar-refractivity contribution in [3.8, 4) is 11.5 Å². The summed E-state index contributed by atoms with van der Waals surface area (Å²) >= 11 is 1.31. The van der Waals surface area contributed by atoms with Crippen LogP contribution in [0.4, 0.5) is 0 Å². The molecule has 2 rings (SSSR count). The van der Waals surface area contributed by atoms with E-state index in [0.717, 1.165) is 35.8 Å². The lowest BCUT2D eigenvalue weighted by atomic mass is 10.1. The lowest BCUT2D eigenvalue weighted by Gasteiger charge is -2.17. The SMILES string of the molecule is CCOc1ccc(CCN2CC(CSC(C)=O)CC2=O)cc1OC. The summed E-state index contributed by atoms with van der Waals surface area (Å²) in [6.45, 7) is 5.54. The fourth-order valence-corrected chi connectivity index (χ4v) is 3.52. The Labute approximate surface area is 147 Å². The van der Waals surface area contributed by atoms with E-state index in [1.807, 2.05) is 30.0 Å². The van der Waals surface area contributed by atoms with Gasteiger partial charge in [-0.25, -0.2) is 0 Å². The number of thioether (sulfide) groups is 1. The van der Waals surface area contributed by atoms with E-state index in [9.17, 15) is 9.59 Å². The Hall–Kier alpha value is -1.69. The van der Waals surface area contributed by atoms with Crippen molar-refractivity contribution in [3.05, 3.63) is 23.8 Å². The third-order valence-electron chi connectivity index (χ3n) is 4.02. The predicted molar refractivity (Wildman–Crippen MR) is 95.7 cm³/mol. The van der Waals surface area contributed by atoms with Crippen molar-refractivity contribution in [1.82, 2.24) is 4.90 Å². The van der Waals surface area contributed by atoms with Crippen molar-refractivity contribution in [2.24, 2.45) is 5.92 Å². The van der Waals surface area contributed by atoms with Gasteiger partial charge in [-0.15, -0.1) is 0 Å². The van der Waals surface area contributed by atoms with Crippen LogP contribution in [0.2, 0.25) is 0 Å². The number of amides is 1. The first-order chi connectivity index (χ1) is 11.5. The van der Waals surface area contributed by atoms with Crippen LogP contribution in [0.5, 0.6) is 11.5 Å². The van der Waals surface area contributed by atoms with Crippen LogP contribution in [0, 0.1) is 5.92 Å². The molecule has 0 bridgehead atoms. The van der Waals surface area contributed by atoms with Crippen LogP contribution in [0.25, 0.3) is 0 Å². The number of methoxy groups -OCH3 is 1. The van der Waals surface area contributed by atoms with Crippen molar-refractivity contribution in [1.29, 1.82) is 0 Å². The molecule has 0 N–H and O–H groups in total. The first-order valence-corrected chi connectivity index (χ1v) is 9.22. The fourth-order valence-electron chi connectivity index (χ4n) is 2.82. The van der Waals surface area contributed by atoms with Crippen LogP contribution in [0.1, 0.15) is 25.8 Å². The standard InChI is InChI=1S/C18H25NO4S/c1-4-23-16-6-5-14(9-17(16)22-3)7-8-19-11-15(10-18(19)21)12-24-13(2)20/h5-6,9,15H,4,7-8,10-12H2,1-3H3. The predicted octanol–water partition coefficient (Wildman–Crippen LogP) is 2.76. The number of nitrogens with zero attached hydrogens (tertiary/aromatic N) is 1. The number of carbonyl (C=O) groups is 2. The van der Waals surface area contributed by atoms with Crippen LogP contribution >= 0.6 is 11.8 Å². The van der Waals surface area contributed by atoms with Gasteiger partial charge in [0.15, 0.2) is 16.6 Å². The lowest BCUT2D eigenvalue weighted by molar-refractivity contribution is -0.127. The molecule has 1 saturated heterocycles. The largest absolute Gasteiger partial charge is 0.493 e. The van der Waals surface area contributed by atoms with E-state index in [0.29, 0.717) is 19.6 Å². The molecule has 1 aromatic carbocycles. The van der Waals surface area contributed by atoms with E-state index in [1.165, 1.54) is 11.8 Å². The molecule has 0 saturated carbocycles. The van der Waals surface area contributed by atoms with Crippen LogP contribution < -0.4 is 9.47 Å². The number of hydrogen-bond acceptors (Lipinski definition) is 5. The Kier molecular flexibility index (Phi) is 6.97. The number of ether oxygens (including phenoxy) is 2. The summed E-state index contributed by atoms with van der Waals surface area (Å²) in [6.07, 6.45) is 1.33. The molecule has 132 valence electrons. The van der Waals surface area contributed by atoms with E-state index < -0.39 is 0 Å². The fraction of sp³-hybridized carbons (Fsp3) is 0.556. The van der Waals surface area contributed by atoms with Gasteiger partial charge in [-0.3, -0.25) is 9.59 Å². The summed E-state index contributed by atoms with van der Waals surface area (Å²) in [5.41, 5.74) is 1.12. The number of carbonyl (C=O) groups excluding carboxylic acids is 2. The van der Waals surface area contributed by atoms with Gasteiger partial charge >= 0.3 is 0 Å². The molecule has 6 heteroatoms. The van der Waals surface area contributed by atoms with Gasteiger partial charge in [0.2, 0.25) is 5.91 Å². The maximum absolute atomic E-state index is 12.1. The van der Waals surface area contributed by atoms with Crippen molar-refractivity contribution in [2.45, 2.75) is 26.7 Å². The Morgan fingerprint density at radius 1 is 1.38 bits per heavy atom. The molecule has 1 aliphatic rings. The highest BCUT2D eigenvalue weighted by Crippen LogP contribution is 2.29. The molecule has 0 radical (unpaired) electrons. The first kappa shape index (κ1) is 18.6. The highest BCUT2D eigenvalue weighted by Gasteiger charge is 2.29. The third kappa shape index (κ3) is 5.16. The second kappa shape index (κ2) is 8.97. The van der Waals surface area contributed by atoms with Gasteiger partial charge in [0, 0.05) is 32.2 Å². The Morgan fingerprint density at radius 3 is 2.83 bits per heavy atom. The van der Waals surface area contributed by atoms with Crippen LogP contribution in [-0.2, 0) is 16.0 Å². The molecule has 1 unspecified atom stereocenters. The van der Waals surface area contributed by atoms with E-state index in [-0.39, 0.29) is 16.9 Å². The summed E-state index contributed by atoms with van der Waals surface area (Å²) in [5.74, 6) is 2.65. The summed E-state index contributed by atoms with van der Waals surface area (Å²) < 4.78 is 10.9. The second-order valence-corrected chi connectivity index (χ2v) is 7.08. The monoisotopic (exact) mass is 351 g/mol. The van der Waals surface area contributed by atoms with E-state index >= 15 is 0 Å². The third-order valence-corrected chi connectivity index (χ3v) is 5.06. The normalized spacial score (nSPS) is 17.2. The first-order valence-electron chi connectivity index (χ1n) is 8.24. The van der Waals surface area contributed by atoms with Gasteiger partial charge < -0.3 is 14.4 Å². The minimum atomic E-state index is 0.113. The molecule has 0 spiro atoms. The summed E-state index contributed by atoms with van der Waals surface area (Å²) in [7, 11) is 1.63. The zero-order valence-corrected chi connectivity index (χ0v) is 15.4. The molecular weight excluding hydrogens is 326 g/mol. The average molecular weight is 351 g/mol. The lowest BCUT2D eigenvalue weighted by Crippen LogP contribution is -2.27. The van der Waals surface area contributed by atoms with Crippen LogP contribution in [0.15, 0.2) is 18.2 Å². The maximum Gasteiger partial charge on any atom is 0.222 e. The topological polar surface area (TPSA) is 55.8 Å². The maximum atomic E-state index is 12.1. The highest BCUT2D eigenvalue weighted by molar-refractivity contribution is 8.13. The number of benzene rings is 1. The molecule has 0 aromatic heterocycles. The van der Waals surface area contributed by atoms with Crippen molar-refractivity contribution >= 4 is 22.8 Å². The van der Waals surface area contributed by atoms with Gasteiger partial charge in [0.1, 0.15) is 0 Å². The van der Waals surface area contributed by atoms with Gasteiger partial charge in [0.05, 0.1) is 13.7 Å². The minimum absolute atomic E-state index is 0.113. The van der Waals surface area contributed by atoms with E-state index in [1.54, 1.807) is 14.0 Å². The molecule has 1 fully saturated rings. The number of likely N-dealkylation sites (tertiary alicyclic amines) is 1. The van der Waals surface area contributed by atoms with Gasteiger partial charge in [-0.1, -0.05) is 17.8 Å². The molecule has 5 nitrogen and oxygen atoms in total. The van der Waals surface area contributed by atoms with E-state index in [4.69, 9.17) is 9.47 Å². The minimum Gasteiger partial charge on any atom is -0.493 e. The zero-order valence-electron chi connectivity index (χ0n) is 14.5. The molecular formula is C18H25NO4S. The van der Waals surface area contributed by atoms with Crippen molar-refractivity contribution < 1.29 is 19.1 Å². The van der Waals surface area contributed by atoms with Crippen LogP contribution in [-0.4, -0.2) is 48.5 Å². The molecule has 1 atom stereocenters. The highest BCUT2D eigenvalue weighted by atomic mass is 32.2. The van der Waals surface area contributed by atoms with Gasteiger partial charge in [0.25, 0.3) is 0 Å². The van der Waals surface area contributed by atoms with Crippen molar-refractivity contribution in [3.63, 3.8) is 0 Å². The van der Waals surface area contributed by atoms with Gasteiger partial charge in [-0.2, -0.15) is 0 Å². The second-order valence-electron chi connectivity index (χ2n) is 5.88. The molecule has 1 aromatic rings. The molecule has 1 amide bonds. The summed E-state index contributed by atoms with van der Waals surface area (Å²) in [4.78, 5) is 25.0. The van der Waals surface area contributed by atoms with Crippen molar-refractivity contribution in [2.75, 3.05) is 32.6 Å². The summed E-state index contributed by atoms with van der Waals surface area (Å²) in [6, 6.07) is 5.89. The van der Waals surface area contributed by atoms with Crippen LogP contribution in [0.3, 0.4) is 0 Å². The smallest absolute Gasteiger partial charge is 0.222 e.